The molecule has 0 spiro atoms. The van der Waals surface area contributed by atoms with Crippen molar-refractivity contribution < 1.29 is 0 Å². The van der Waals surface area contributed by atoms with Gasteiger partial charge in [0.1, 0.15) is 0 Å². The first-order valence-corrected chi connectivity index (χ1v) is 9.15. The van der Waals surface area contributed by atoms with Crippen molar-refractivity contribution >= 4 is 43.2 Å². The lowest BCUT2D eigenvalue weighted by Gasteiger charge is -2.18. The van der Waals surface area contributed by atoms with Gasteiger partial charge in [0, 0.05) is 28.9 Å². The highest BCUT2D eigenvalue weighted by molar-refractivity contribution is 9.10. The summed E-state index contributed by atoms with van der Waals surface area (Å²) in [5.41, 5.74) is 2.28. The summed E-state index contributed by atoms with van der Waals surface area (Å²) in [6, 6.07) is 2.43. The average molecular weight is 421 g/mol. The standard InChI is InChI=1S/C14H19Br2N3S/c1-4-6-17-11(14-10(15)5-7-20-14)8-12-13(16)9(2)18-19(12)3/h5,7,11,17H,4,6,8H2,1-3H3. The fourth-order valence-electron chi connectivity index (χ4n) is 2.23. The number of nitrogens with zero attached hydrogens (tertiary/aromatic N) is 2. The van der Waals surface area contributed by atoms with Crippen LogP contribution in [0, 0.1) is 6.92 Å². The summed E-state index contributed by atoms with van der Waals surface area (Å²) in [6.45, 7) is 5.24. The highest BCUT2D eigenvalue weighted by Crippen LogP contribution is 2.33. The molecule has 2 heterocycles. The first-order valence-electron chi connectivity index (χ1n) is 6.68. The van der Waals surface area contributed by atoms with Crippen molar-refractivity contribution in [1.82, 2.24) is 15.1 Å². The number of nitrogens with one attached hydrogen (secondary N) is 1. The highest BCUT2D eigenvalue weighted by atomic mass is 79.9. The Bertz CT molecular complexity index is 577. The monoisotopic (exact) mass is 419 g/mol. The van der Waals surface area contributed by atoms with Crippen molar-refractivity contribution in [3.63, 3.8) is 0 Å². The lowest BCUT2D eigenvalue weighted by atomic mass is 10.1. The van der Waals surface area contributed by atoms with Crippen molar-refractivity contribution in [2.75, 3.05) is 6.54 Å². The van der Waals surface area contributed by atoms with Gasteiger partial charge in [-0.2, -0.15) is 5.10 Å². The van der Waals surface area contributed by atoms with E-state index in [0.717, 1.165) is 29.6 Å². The van der Waals surface area contributed by atoms with Crippen LogP contribution in [-0.4, -0.2) is 16.3 Å². The molecule has 1 N–H and O–H groups in total. The number of rotatable bonds is 6. The third kappa shape index (κ3) is 3.53. The zero-order valence-corrected chi connectivity index (χ0v) is 15.9. The first-order chi connectivity index (χ1) is 9.54. The predicted molar refractivity (Wildman–Crippen MR) is 92.4 cm³/mol. The van der Waals surface area contributed by atoms with Gasteiger partial charge in [-0.25, -0.2) is 0 Å². The summed E-state index contributed by atoms with van der Waals surface area (Å²) in [4.78, 5) is 1.35. The van der Waals surface area contributed by atoms with E-state index in [9.17, 15) is 0 Å². The molecule has 0 aromatic carbocycles. The fraction of sp³-hybridized carbons (Fsp3) is 0.500. The molecule has 0 aliphatic heterocycles. The van der Waals surface area contributed by atoms with Gasteiger partial charge in [-0.15, -0.1) is 11.3 Å². The Morgan fingerprint density at radius 2 is 2.20 bits per heavy atom. The second kappa shape index (κ2) is 7.20. The Morgan fingerprint density at radius 1 is 1.45 bits per heavy atom. The quantitative estimate of drug-likeness (QED) is 0.739. The van der Waals surface area contributed by atoms with E-state index >= 15 is 0 Å². The molecule has 2 aromatic rings. The number of hydrogen-bond acceptors (Lipinski definition) is 3. The molecule has 0 fully saturated rings. The number of hydrogen-bond donors (Lipinski definition) is 1. The molecule has 3 nitrogen and oxygen atoms in total. The van der Waals surface area contributed by atoms with E-state index in [1.54, 1.807) is 11.3 Å². The van der Waals surface area contributed by atoms with Crippen LogP contribution in [0.4, 0.5) is 0 Å². The van der Waals surface area contributed by atoms with Crippen LogP contribution in [0.5, 0.6) is 0 Å². The molecular weight excluding hydrogens is 402 g/mol. The van der Waals surface area contributed by atoms with Crippen LogP contribution in [0.3, 0.4) is 0 Å². The summed E-state index contributed by atoms with van der Waals surface area (Å²) >= 11 is 9.10. The third-order valence-electron chi connectivity index (χ3n) is 3.26. The molecule has 1 atom stereocenters. The van der Waals surface area contributed by atoms with Crippen LogP contribution in [0.15, 0.2) is 20.4 Å². The van der Waals surface area contributed by atoms with Crippen LogP contribution in [0.2, 0.25) is 0 Å². The van der Waals surface area contributed by atoms with Gasteiger partial charge < -0.3 is 5.32 Å². The minimum Gasteiger partial charge on any atom is -0.309 e. The predicted octanol–water partition coefficient (Wildman–Crippen LogP) is 4.60. The van der Waals surface area contributed by atoms with Crippen LogP contribution < -0.4 is 5.32 Å². The molecule has 2 rings (SSSR count). The minimum absolute atomic E-state index is 0.315. The second-order valence-corrected chi connectivity index (χ2v) is 7.41. The van der Waals surface area contributed by atoms with Crippen molar-refractivity contribution in [3.8, 4) is 0 Å². The molecule has 0 saturated carbocycles. The van der Waals surface area contributed by atoms with Gasteiger partial charge in [0.2, 0.25) is 0 Å². The normalized spacial score (nSPS) is 12.8. The maximum atomic E-state index is 4.48. The van der Waals surface area contributed by atoms with E-state index in [4.69, 9.17) is 0 Å². The maximum Gasteiger partial charge on any atom is 0.0738 e. The maximum absolute atomic E-state index is 4.48. The molecule has 110 valence electrons. The smallest absolute Gasteiger partial charge is 0.0738 e. The third-order valence-corrected chi connectivity index (χ3v) is 6.28. The van der Waals surface area contributed by atoms with E-state index in [-0.39, 0.29) is 0 Å². The number of aryl methyl sites for hydroxylation is 2. The van der Waals surface area contributed by atoms with Crippen molar-refractivity contribution in [1.29, 1.82) is 0 Å². The summed E-state index contributed by atoms with van der Waals surface area (Å²) in [5.74, 6) is 0. The van der Waals surface area contributed by atoms with Gasteiger partial charge in [0.05, 0.1) is 15.9 Å². The van der Waals surface area contributed by atoms with E-state index in [1.165, 1.54) is 15.0 Å². The number of aromatic nitrogens is 2. The van der Waals surface area contributed by atoms with Gasteiger partial charge in [-0.05, 0) is 63.2 Å². The van der Waals surface area contributed by atoms with Crippen LogP contribution in [0.1, 0.15) is 35.7 Å². The summed E-state index contributed by atoms with van der Waals surface area (Å²) < 4.78 is 4.28. The zero-order valence-electron chi connectivity index (χ0n) is 11.9. The molecule has 0 saturated heterocycles. The summed E-state index contributed by atoms with van der Waals surface area (Å²) in [6.07, 6.45) is 2.06. The van der Waals surface area contributed by atoms with E-state index in [2.05, 4.69) is 60.6 Å². The van der Waals surface area contributed by atoms with Gasteiger partial charge in [-0.3, -0.25) is 4.68 Å². The Kier molecular flexibility index (Phi) is 5.84. The average Bonchev–Trinajstić information content (AvgIpc) is 2.93. The van der Waals surface area contributed by atoms with Gasteiger partial charge in [0.15, 0.2) is 0 Å². The Balaban J connectivity index is 2.26. The topological polar surface area (TPSA) is 29.9 Å². The Hall–Kier alpha value is -0.170. The molecule has 20 heavy (non-hydrogen) atoms. The van der Waals surface area contributed by atoms with Gasteiger partial charge >= 0.3 is 0 Å². The van der Waals surface area contributed by atoms with Crippen LogP contribution >= 0.6 is 43.2 Å². The molecule has 0 aliphatic rings. The SMILES string of the molecule is CCCNC(Cc1c(Br)c(C)nn1C)c1sccc1Br. The highest BCUT2D eigenvalue weighted by Gasteiger charge is 2.20. The van der Waals surface area contributed by atoms with Crippen molar-refractivity contribution in [2.24, 2.45) is 7.05 Å². The molecule has 0 radical (unpaired) electrons. The van der Waals surface area contributed by atoms with E-state index < -0.39 is 0 Å². The number of halogens is 2. The molecular formula is C14H19Br2N3S. The fourth-order valence-corrected chi connectivity index (χ4v) is 4.45. The summed E-state index contributed by atoms with van der Waals surface area (Å²) in [5, 5.41) is 10.3. The summed E-state index contributed by atoms with van der Waals surface area (Å²) in [7, 11) is 2.01. The second-order valence-electron chi connectivity index (χ2n) is 4.81. The molecule has 2 aromatic heterocycles. The molecule has 0 aliphatic carbocycles. The molecule has 0 amide bonds. The Labute approximate surface area is 141 Å². The van der Waals surface area contributed by atoms with Gasteiger partial charge in [-0.1, -0.05) is 6.92 Å². The zero-order chi connectivity index (χ0) is 14.7. The van der Waals surface area contributed by atoms with Crippen LogP contribution in [0.25, 0.3) is 0 Å². The van der Waals surface area contributed by atoms with E-state index in [1.807, 2.05) is 18.7 Å². The number of thiophene rings is 1. The largest absolute Gasteiger partial charge is 0.309 e. The lowest BCUT2D eigenvalue weighted by molar-refractivity contribution is 0.517. The van der Waals surface area contributed by atoms with E-state index in [0.29, 0.717) is 6.04 Å². The minimum atomic E-state index is 0.315. The van der Waals surface area contributed by atoms with Crippen LogP contribution in [-0.2, 0) is 13.5 Å². The Morgan fingerprint density at radius 3 is 2.70 bits per heavy atom. The van der Waals surface area contributed by atoms with Gasteiger partial charge in [0.25, 0.3) is 0 Å². The molecule has 0 bridgehead atoms. The molecule has 1 unspecified atom stereocenters. The molecule has 6 heteroatoms. The van der Waals surface area contributed by atoms with Crippen molar-refractivity contribution in [2.45, 2.75) is 32.7 Å². The first kappa shape index (κ1) is 16.2. The lowest BCUT2D eigenvalue weighted by Crippen LogP contribution is -2.24. The van der Waals surface area contributed by atoms with Crippen molar-refractivity contribution in [3.05, 3.63) is 36.7 Å².